The van der Waals surface area contributed by atoms with E-state index in [9.17, 15) is 13.6 Å². The molecule has 0 saturated heterocycles. The number of nitrogens with one attached hydrogen (secondary N) is 1. The van der Waals surface area contributed by atoms with Crippen molar-refractivity contribution in [2.45, 2.75) is 38.0 Å². The smallest absolute Gasteiger partial charge is 0.248 e. The maximum atomic E-state index is 12.9. The van der Waals surface area contributed by atoms with E-state index in [4.69, 9.17) is 16.3 Å². The fourth-order valence-electron chi connectivity index (χ4n) is 1.99. The van der Waals surface area contributed by atoms with Crippen molar-refractivity contribution >= 4 is 17.5 Å². The van der Waals surface area contributed by atoms with E-state index in [0.717, 1.165) is 0 Å². The normalized spacial score (nSPS) is 19.7. The molecule has 106 valence electrons. The molecule has 1 aliphatic rings. The molecular weight excluding hydrogens is 264 g/mol. The lowest BCUT2D eigenvalue weighted by atomic mass is 9.86. The lowest BCUT2D eigenvalue weighted by Crippen LogP contribution is -2.36. The van der Waals surface area contributed by atoms with Crippen LogP contribution in [0.1, 0.15) is 32.1 Å². The largest absolute Gasteiger partial charge is 0.380 e. The molecule has 1 fully saturated rings. The highest BCUT2D eigenvalue weighted by atomic mass is 35.5. The first-order valence-electron chi connectivity index (χ1n) is 6.34. The van der Waals surface area contributed by atoms with E-state index in [2.05, 4.69) is 5.32 Å². The summed E-state index contributed by atoms with van der Waals surface area (Å²) in [5, 5.41) is 2.76. The number of carbonyl (C=O) groups excluding carboxylic acids is 1. The second-order valence-electron chi connectivity index (χ2n) is 4.58. The highest BCUT2D eigenvalue weighted by molar-refractivity contribution is 6.17. The van der Waals surface area contributed by atoms with E-state index in [0.29, 0.717) is 32.1 Å². The van der Waals surface area contributed by atoms with Gasteiger partial charge < -0.3 is 10.1 Å². The molecule has 0 bridgehead atoms. The minimum absolute atomic E-state index is 0.108. The minimum Gasteiger partial charge on any atom is -0.380 e. The summed E-state index contributed by atoms with van der Waals surface area (Å²) in [6.07, 6.45) is 0.919. The van der Waals surface area contributed by atoms with Crippen LogP contribution in [0.3, 0.4) is 0 Å². The molecule has 1 rings (SSSR count). The van der Waals surface area contributed by atoms with Gasteiger partial charge in [0, 0.05) is 37.8 Å². The maximum Gasteiger partial charge on any atom is 0.248 e. The Hall–Kier alpha value is -0.420. The van der Waals surface area contributed by atoms with Gasteiger partial charge in [-0.15, -0.1) is 11.6 Å². The van der Waals surface area contributed by atoms with E-state index in [-0.39, 0.29) is 37.5 Å². The second kappa shape index (κ2) is 7.89. The average Bonchev–Trinajstić information content (AvgIpc) is 2.33. The second-order valence-corrected chi connectivity index (χ2v) is 4.95. The number of hydrogen-bond donors (Lipinski definition) is 1. The molecule has 0 radical (unpaired) electrons. The molecule has 0 atom stereocenters. The molecule has 6 heteroatoms. The van der Waals surface area contributed by atoms with Crippen molar-refractivity contribution in [3.8, 4) is 0 Å². The Morgan fingerprint density at radius 3 is 2.61 bits per heavy atom. The van der Waals surface area contributed by atoms with Crippen LogP contribution in [0.4, 0.5) is 8.78 Å². The fourth-order valence-corrected chi connectivity index (χ4v) is 2.10. The van der Waals surface area contributed by atoms with Crippen molar-refractivity contribution in [3.05, 3.63) is 0 Å². The van der Waals surface area contributed by atoms with Gasteiger partial charge in [-0.05, 0) is 19.3 Å². The van der Waals surface area contributed by atoms with Gasteiger partial charge in [-0.25, -0.2) is 8.78 Å². The fraction of sp³-hybridized carbons (Fsp3) is 0.917. The Labute approximate surface area is 111 Å². The SMILES string of the molecule is O=C(NCCCOCCCl)C1CCC(F)(F)CC1. The van der Waals surface area contributed by atoms with E-state index in [1.54, 1.807) is 0 Å². The van der Waals surface area contributed by atoms with Crippen LogP contribution in [0, 0.1) is 5.92 Å². The number of halogens is 3. The van der Waals surface area contributed by atoms with Crippen LogP contribution in [0.15, 0.2) is 0 Å². The molecule has 1 saturated carbocycles. The van der Waals surface area contributed by atoms with E-state index >= 15 is 0 Å². The van der Waals surface area contributed by atoms with Crippen molar-refractivity contribution in [1.82, 2.24) is 5.32 Å². The molecule has 18 heavy (non-hydrogen) atoms. The van der Waals surface area contributed by atoms with Gasteiger partial charge in [-0.1, -0.05) is 0 Å². The molecule has 0 spiro atoms. The molecule has 0 aromatic rings. The van der Waals surface area contributed by atoms with Gasteiger partial charge in [0.2, 0.25) is 11.8 Å². The van der Waals surface area contributed by atoms with Crippen molar-refractivity contribution < 1.29 is 18.3 Å². The van der Waals surface area contributed by atoms with Crippen molar-refractivity contribution in [2.24, 2.45) is 5.92 Å². The average molecular weight is 284 g/mol. The van der Waals surface area contributed by atoms with Crippen LogP contribution in [0.25, 0.3) is 0 Å². The highest BCUT2D eigenvalue weighted by Gasteiger charge is 2.37. The van der Waals surface area contributed by atoms with Crippen molar-refractivity contribution in [1.29, 1.82) is 0 Å². The summed E-state index contributed by atoms with van der Waals surface area (Å²) >= 11 is 5.43. The van der Waals surface area contributed by atoms with Gasteiger partial charge >= 0.3 is 0 Å². The maximum absolute atomic E-state index is 12.9. The van der Waals surface area contributed by atoms with Gasteiger partial charge in [0.1, 0.15) is 0 Å². The lowest BCUT2D eigenvalue weighted by molar-refractivity contribution is -0.129. The third-order valence-electron chi connectivity index (χ3n) is 3.07. The van der Waals surface area contributed by atoms with Crippen LogP contribution in [-0.2, 0) is 9.53 Å². The Balaban J connectivity index is 2.07. The zero-order chi connectivity index (χ0) is 13.4. The molecular formula is C12H20ClF2NO2. The minimum atomic E-state index is -2.58. The first-order chi connectivity index (χ1) is 8.55. The molecule has 0 aromatic carbocycles. The number of ether oxygens (including phenoxy) is 1. The molecule has 0 unspecified atom stereocenters. The van der Waals surface area contributed by atoms with Crippen LogP contribution >= 0.6 is 11.6 Å². The Bertz CT molecular complexity index is 254. The molecule has 0 heterocycles. The zero-order valence-corrected chi connectivity index (χ0v) is 11.1. The van der Waals surface area contributed by atoms with Gasteiger partial charge in [0.15, 0.2) is 0 Å². The summed E-state index contributed by atoms with van der Waals surface area (Å²) < 4.78 is 31.0. The van der Waals surface area contributed by atoms with Gasteiger partial charge in [0.05, 0.1) is 6.61 Å². The van der Waals surface area contributed by atoms with Crippen LogP contribution in [0.5, 0.6) is 0 Å². The molecule has 1 aliphatic carbocycles. The summed E-state index contributed by atoms with van der Waals surface area (Å²) in [7, 11) is 0. The van der Waals surface area contributed by atoms with Crippen LogP contribution in [0.2, 0.25) is 0 Å². The molecule has 0 aliphatic heterocycles. The van der Waals surface area contributed by atoms with E-state index in [1.807, 2.05) is 0 Å². The summed E-state index contributed by atoms with van der Waals surface area (Å²) in [6, 6.07) is 0. The van der Waals surface area contributed by atoms with E-state index in [1.165, 1.54) is 0 Å². The summed E-state index contributed by atoms with van der Waals surface area (Å²) in [4.78, 5) is 11.7. The Kier molecular flexibility index (Phi) is 6.86. The number of hydrogen-bond acceptors (Lipinski definition) is 2. The monoisotopic (exact) mass is 283 g/mol. The summed E-state index contributed by atoms with van der Waals surface area (Å²) in [6.45, 7) is 1.58. The molecule has 1 N–H and O–H groups in total. The van der Waals surface area contributed by atoms with Gasteiger partial charge in [-0.2, -0.15) is 0 Å². The van der Waals surface area contributed by atoms with Gasteiger partial charge in [-0.3, -0.25) is 4.79 Å². The predicted molar refractivity (Wildman–Crippen MR) is 66.1 cm³/mol. The number of rotatable bonds is 7. The molecule has 1 amide bonds. The quantitative estimate of drug-likeness (QED) is 0.576. The number of amides is 1. The van der Waals surface area contributed by atoms with E-state index < -0.39 is 5.92 Å². The third kappa shape index (κ3) is 5.96. The third-order valence-corrected chi connectivity index (χ3v) is 3.23. The Morgan fingerprint density at radius 1 is 1.33 bits per heavy atom. The number of carbonyl (C=O) groups is 1. The Morgan fingerprint density at radius 2 is 2.00 bits per heavy atom. The summed E-state index contributed by atoms with van der Waals surface area (Å²) in [5.74, 6) is -2.48. The zero-order valence-electron chi connectivity index (χ0n) is 10.4. The lowest BCUT2D eigenvalue weighted by Gasteiger charge is -2.27. The predicted octanol–water partition coefficient (Wildman–Crippen LogP) is 2.57. The first-order valence-corrected chi connectivity index (χ1v) is 6.88. The topological polar surface area (TPSA) is 38.3 Å². The molecule has 3 nitrogen and oxygen atoms in total. The van der Waals surface area contributed by atoms with Gasteiger partial charge in [0.25, 0.3) is 0 Å². The van der Waals surface area contributed by atoms with Crippen LogP contribution in [-0.4, -0.2) is 37.5 Å². The van der Waals surface area contributed by atoms with Crippen molar-refractivity contribution in [3.63, 3.8) is 0 Å². The standard InChI is InChI=1S/C12H20ClF2NO2/c13-6-9-18-8-1-7-16-11(17)10-2-4-12(14,15)5-3-10/h10H,1-9H2,(H,16,17). The van der Waals surface area contributed by atoms with Crippen LogP contribution < -0.4 is 5.32 Å². The van der Waals surface area contributed by atoms with Crippen molar-refractivity contribution in [2.75, 3.05) is 25.6 Å². The highest BCUT2D eigenvalue weighted by Crippen LogP contribution is 2.36. The number of alkyl halides is 3. The summed E-state index contributed by atoms with van der Waals surface area (Å²) in [5.41, 5.74) is 0. The molecule has 0 aromatic heterocycles. The first kappa shape index (κ1) is 15.6.